The highest BCUT2D eigenvalue weighted by molar-refractivity contribution is 6.05. The Labute approximate surface area is 167 Å². The van der Waals surface area contributed by atoms with Gasteiger partial charge in [-0.3, -0.25) is 4.79 Å². The number of aromatic nitrogens is 2. The Bertz CT molecular complexity index is 1230. The fourth-order valence-corrected chi connectivity index (χ4v) is 3.19. The number of methoxy groups -OCH3 is 1. The molecule has 5 nitrogen and oxygen atoms in total. The van der Waals surface area contributed by atoms with Crippen LogP contribution in [0.2, 0.25) is 0 Å². The van der Waals surface area contributed by atoms with Crippen molar-refractivity contribution in [2.24, 2.45) is 0 Å². The largest absolute Gasteiger partial charge is 0.495 e. The average Bonchev–Trinajstić information content (AvgIpc) is 3.16. The van der Waals surface area contributed by atoms with Crippen molar-refractivity contribution >= 4 is 17.2 Å². The maximum atomic E-state index is 13.8. The highest BCUT2D eigenvalue weighted by Gasteiger charge is 2.14. The molecule has 0 aliphatic carbocycles. The Morgan fingerprint density at radius 2 is 1.93 bits per heavy atom. The topological polar surface area (TPSA) is 55.6 Å². The normalized spacial score (nSPS) is 10.9. The number of hydrogen-bond donors (Lipinski definition) is 1. The van der Waals surface area contributed by atoms with Gasteiger partial charge in [-0.2, -0.15) is 0 Å². The van der Waals surface area contributed by atoms with Crippen LogP contribution in [0.4, 0.5) is 10.1 Å². The second kappa shape index (κ2) is 7.39. The fraction of sp³-hybridized carbons (Fsp3) is 0.130. The molecule has 0 saturated carbocycles. The second-order valence-electron chi connectivity index (χ2n) is 6.88. The minimum absolute atomic E-state index is 0.240. The number of carbonyl (C=O) groups excluding carboxylic acids is 1. The average molecular weight is 389 g/mol. The molecular weight excluding hydrogens is 369 g/mol. The van der Waals surface area contributed by atoms with Gasteiger partial charge in [-0.05, 0) is 61.4 Å². The van der Waals surface area contributed by atoms with Crippen LogP contribution in [-0.2, 0) is 0 Å². The number of nitrogens with one attached hydrogen (secondary N) is 1. The predicted octanol–water partition coefficient (Wildman–Crippen LogP) is 5.02. The zero-order valence-corrected chi connectivity index (χ0v) is 16.4. The molecule has 4 rings (SSSR count). The third-order valence-corrected chi connectivity index (χ3v) is 4.86. The zero-order valence-electron chi connectivity index (χ0n) is 16.4. The number of carbonyl (C=O) groups is 1. The summed E-state index contributed by atoms with van der Waals surface area (Å²) in [6, 6.07) is 13.8. The van der Waals surface area contributed by atoms with Crippen LogP contribution in [0, 0.1) is 19.7 Å². The van der Waals surface area contributed by atoms with Crippen molar-refractivity contribution in [2.45, 2.75) is 13.8 Å². The lowest BCUT2D eigenvalue weighted by molar-refractivity contribution is 0.102. The summed E-state index contributed by atoms with van der Waals surface area (Å²) < 4.78 is 21.2. The Kier molecular flexibility index (Phi) is 4.76. The fourth-order valence-electron chi connectivity index (χ4n) is 3.19. The van der Waals surface area contributed by atoms with Gasteiger partial charge < -0.3 is 14.5 Å². The molecule has 0 aliphatic heterocycles. The Morgan fingerprint density at radius 3 is 2.66 bits per heavy atom. The maximum absolute atomic E-state index is 13.8. The van der Waals surface area contributed by atoms with Crippen molar-refractivity contribution in [3.05, 3.63) is 83.4 Å². The SMILES string of the molecule is COc1ccc(-c2cn3cccc(C)c3n2)cc1NC(=O)c1ccc(C)c(F)c1. The summed E-state index contributed by atoms with van der Waals surface area (Å²) >= 11 is 0. The van der Waals surface area contributed by atoms with E-state index in [1.54, 1.807) is 31.2 Å². The monoisotopic (exact) mass is 389 g/mol. The third kappa shape index (κ3) is 3.57. The minimum atomic E-state index is -0.418. The zero-order chi connectivity index (χ0) is 20.5. The van der Waals surface area contributed by atoms with Crippen molar-refractivity contribution in [3.63, 3.8) is 0 Å². The third-order valence-electron chi connectivity index (χ3n) is 4.86. The summed E-state index contributed by atoms with van der Waals surface area (Å²) in [5.41, 5.74) is 4.77. The molecule has 4 aromatic rings. The molecule has 0 spiro atoms. The quantitative estimate of drug-likeness (QED) is 0.533. The van der Waals surface area contributed by atoms with E-state index in [9.17, 15) is 9.18 Å². The van der Waals surface area contributed by atoms with Crippen LogP contribution < -0.4 is 10.1 Å². The molecule has 146 valence electrons. The van der Waals surface area contributed by atoms with Gasteiger partial charge in [0.2, 0.25) is 0 Å². The van der Waals surface area contributed by atoms with Crippen molar-refractivity contribution in [2.75, 3.05) is 12.4 Å². The first kappa shape index (κ1) is 18.7. The summed E-state index contributed by atoms with van der Waals surface area (Å²) in [4.78, 5) is 17.3. The number of hydrogen-bond acceptors (Lipinski definition) is 3. The van der Waals surface area contributed by atoms with E-state index in [1.165, 1.54) is 13.2 Å². The van der Waals surface area contributed by atoms with Crippen molar-refractivity contribution in [1.82, 2.24) is 9.38 Å². The van der Waals surface area contributed by atoms with Crippen molar-refractivity contribution in [1.29, 1.82) is 0 Å². The van der Waals surface area contributed by atoms with Crippen LogP contribution in [0.15, 0.2) is 60.9 Å². The summed E-state index contributed by atoms with van der Waals surface area (Å²) in [6.07, 6.45) is 3.88. The number of nitrogens with zero attached hydrogens (tertiary/aromatic N) is 2. The van der Waals surface area contributed by atoms with Crippen LogP contribution in [-0.4, -0.2) is 22.4 Å². The standard InChI is InChI=1S/C23H20FN3O2/c1-14-6-7-17(11-18(14)24)23(28)26-19-12-16(8-9-21(19)29-3)20-13-27-10-4-5-15(2)22(27)25-20/h4-13H,1-3H3,(H,26,28). The number of ether oxygens (including phenoxy) is 1. The molecule has 0 atom stereocenters. The molecular formula is C23H20FN3O2. The molecule has 6 heteroatoms. The Hall–Kier alpha value is -3.67. The molecule has 2 aromatic heterocycles. The Morgan fingerprint density at radius 1 is 1.10 bits per heavy atom. The number of aryl methyl sites for hydroxylation is 2. The minimum Gasteiger partial charge on any atom is -0.495 e. The van der Waals surface area contributed by atoms with Gasteiger partial charge in [-0.25, -0.2) is 9.37 Å². The molecule has 0 fully saturated rings. The lowest BCUT2D eigenvalue weighted by Gasteiger charge is -2.12. The van der Waals surface area contributed by atoms with E-state index >= 15 is 0 Å². The van der Waals surface area contributed by atoms with Gasteiger partial charge in [0.25, 0.3) is 5.91 Å². The van der Waals surface area contributed by atoms with Crippen LogP contribution in [0.25, 0.3) is 16.9 Å². The van der Waals surface area contributed by atoms with Crippen LogP contribution in [0.5, 0.6) is 5.75 Å². The molecule has 2 aromatic carbocycles. The van der Waals surface area contributed by atoms with Gasteiger partial charge in [-0.1, -0.05) is 12.1 Å². The summed E-state index contributed by atoms with van der Waals surface area (Å²) in [5.74, 6) is -0.321. The van der Waals surface area contributed by atoms with Gasteiger partial charge in [-0.15, -0.1) is 0 Å². The number of amides is 1. The van der Waals surface area contributed by atoms with E-state index in [4.69, 9.17) is 9.72 Å². The van der Waals surface area contributed by atoms with Crippen LogP contribution in [0.1, 0.15) is 21.5 Å². The lowest BCUT2D eigenvalue weighted by Crippen LogP contribution is -2.13. The maximum Gasteiger partial charge on any atom is 0.255 e. The number of benzene rings is 2. The van der Waals surface area contributed by atoms with E-state index in [-0.39, 0.29) is 5.56 Å². The molecule has 0 radical (unpaired) electrons. The first-order chi connectivity index (χ1) is 14.0. The van der Waals surface area contributed by atoms with Crippen molar-refractivity contribution < 1.29 is 13.9 Å². The molecule has 0 saturated heterocycles. The van der Waals surface area contributed by atoms with E-state index < -0.39 is 11.7 Å². The smallest absolute Gasteiger partial charge is 0.255 e. The number of pyridine rings is 1. The van der Waals surface area contributed by atoms with Gasteiger partial charge >= 0.3 is 0 Å². The van der Waals surface area contributed by atoms with E-state index in [1.807, 2.05) is 41.9 Å². The van der Waals surface area contributed by atoms with E-state index in [0.29, 0.717) is 17.0 Å². The van der Waals surface area contributed by atoms with Gasteiger partial charge in [0.05, 0.1) is 18.5 Å². The molecule has 29 heavy (non-hydrogen) atoms. The molecule has 2 heterocycles. The summed E-state index contributed by atoms with van der Waals surface area (Å²) in [5, 5.41) is 2.81. The molecule has 1 amide bonds. The summed E-state index contributed by atoms with van der Waals surface area (Å²) in [7, 11) is 1.53. The van der Waals surface area contributed by atoms with Gasteiger partial charge in [0.1, 0.15) is 17.2 Å². The number of imidazole rings is 1. The molecule has 0 aliphatic rings. The lowest BCUT2D eigenvalue weighted by atomic mass is 10.1. The van der Waals surface area contributed by atoms with Gasteiger partial charge in [0, 0.05) is 23.5 Å². The second-order valence-corrected chi connectivity index (χ2v) is 6.88. The number of rotatable bonds is 4. The molecule has 0 bridgehead atoms. The number of halogens is 1. The Balaban J connectivity index is 1.70. The first-order valence-corrected chi connectivity index (χ1v) is 9.16. The predicted molar refractivity (Wildman–Crippen MR) is 111 cm³/mol. The number of anilines is 1. The van der Waals surface area contributed by atoms with E-state index in [0.717, 1.165) is 22.5 Å². The van der Waals surface area contributed by atoms with Crippen LogP contribution in [0.3, 0.4) is 0 Å². The first-order valence-electron chi connectivity index (χ1n) is 9.16. The highest BCUT2D eigenvalue weighted by Crippen LogP contribution is 2.31. The molecule has 1 N–H and O–H groups in total. The van der Waals surface area contributed by atoms with E-state index in [2.05, 4.69) is 5.32 Å². The molecule has 0 unspecified atom stereocenters. The number of fused-ring (bicyclic) bond motifs is 1. The van der Waals surface area contributed by atoms with Crippen molar-refractivity contribution in [3.8, 4) is 17.0 Å². The van der Waals surface area contributed by atoms with Crippen LogP contribution >= 0.6 is 0 Å². The van der Waals surface area contributed by atoms with Gasteiger partial charge in [0.15, 0.2) is 0 Å². The summed E-state index contributed by atoms with van der Waals surface area (Å²) in [6.45, 7) is 3.66. The highest BCUT2D eigenvalue weighted by atomic mass is 19.1.